The number of aliphatic hydroxyl groups is 1. The Morgan fingerprint density at radius 2 is 1.12 bits per heavy atom. The molecule has 0 aromatic carbocycles. The summed E-state index contributed by atoms with van der Waals surface area (Å²) >= 11 is 0. The molecule has 0 aliphatic carbocycles. The first-order valence-corrected chi connectivity index (χ1v) is 21.2. The minimum absolute atomic E-state index is 0.133. The van der Waals surface area contributed by atoms with Gasteiger partial charge in [-0.3, -0.25) is 18.6 Å². The topological polar surface area (TPSA) is 169 Å². The van der Waals surface area contributed by atoms with E-state index in [9.17, 15) is 34.1 Å². The summed E-state index contributed by atoms with van der Waals surface area (Å²) in [4.78, 5) is 45.7. The van der Waals surface area contributed by atoms with Crippen LogP contribution >= 0.6 is 7.82 Å². The van der Waals surface area contributed by atoms with Gasteiger partial charge in [0.25, 0.3) is 0 Å². The minimum Gasteiger partial charge on any atom is -0.480 e. The number of aliphatic carboxylic acids is 1. The van der Waals surface area contributed by atoms with E-state index in [1.807, 2.05) is 0 Å². The van der Waals surface area contributed by atoms with E-state index >= 15 is 0 Å². The van der Waals surface area contributed by atoms with Crippen molar-refractivity contribution in [1.82, 2.24) is 5.32 Å². The van der Waals surface area contributed by atoms with E-state index in [0.717, 1.165) is 89.9 Å². The number of carbonyl (C=O) groups excluding carboxylic acids is 2. The summed E-state index contributed by atoms with van der Waals surface area (Å²) in [5.41, 5.74) is 0. The highest BCUT2D eigenvalue weighted by Gasteiger charge is 2.28. The van der Waals surface area contributed by atoms with Crippen LogP contribution in [0.2, 0.25) is 0 Å². The zero-order valence-electron chi connectivity index (χ0n) is 32.1. The predicted octanol–water partition coefficient (Wildman–Crippen LogP) is 9.44. The molecular formula is C40H70NO10P. The first-order chi connectivity index (χ1) is 25.1. The monoisotopic (exact) mass is 755 g/mol. The van der Waals surface area contributed by atoms with E-state index in [4.69, 9.17) is 13.8 Å². The number of rotatable bonds is 36. The molecule has 1 amide bonds. The molecule has 300 valence electrons. The van der Waals surface area contributed by atoms with Gasteiger partial charge in [-0.1, -0.05) is 120 Å². The number of unbranched alkanes of at least 4 members (excludes halogenated alkanes) is 14. The normalized spacial score (nSPS) is 14.4. The lowest BCUT2D eigenvalue weighted by molar-refractivity contribution is -0.147. The Hall–Kier alpha value is -2.56. The molecule has 0 aliphatic heterocycles. The summed E-state index contributed by atoms with van der Waals surface area (Å²) < 4.78 is 26.7. The summed E-state index contributed by atoms with van der Waals surface area (Å²) in [5.74, 6) is -2.41. The lowest BCUT2D eigenvalue weighted by atomic mass is 10.1. The molecule has 0 fully saturated rings. The molecule has 4 N–H and O–H groups in total. The van der Waals surface area contributed by atoms with Crippen LogP contribution < -0.4 is 5.32 Å². The summed E-state index contributed by atoms with van der Waals surface area (Å²) in [6, 6.07) is -1.55. The van der Waals surface area contributed by atoms with Crippen molar-refractivity contribution in [1.29, 1.82) is 0 Å². The number of amides is 1. The van der Waals surface area contributed by atoms with Gasteiger partial charge in [0.05, 0.1) is 13.2 Å². The van der Waals surface area contributed by atoms with Gasteiger partial charge in [-0.2, -0.15) is 0 Å². The Labute approximate surface area is 314 Å². The van der Waals surface area contributed by atoms with Crippen molar-refractivity contribution in [2.24, 2.45) is 0 Å². The third-order valence-electron chi connectivity index (χ3n) is 8.10. The SMILES string of the molecule is CC/C=C\C/C=C\C/C=C\CCCCCCCC(=O)OCC(O)COP(=O)(O)OCC(NC(=O)CCCCCCC/C=C\CCCCCC)C(=O)O. The quantitative estimate of drug-likeness (QED) is 0.0209. The van der Waals surface area contributed by atoms with Crippen LogP contribution in [0, 0.1) is 0 Å². The lowest BCUT2D eigenvalue weighted by Gasteiger charge is -2.18. The first kappa shape index (κ1) is 49.4. The largest absolute Gasteiger partial charge is 0.480 e. The fourth-order valence-corrected chi connectivity index (χ4v) is 5.80. The number of hydrogen-bond acceptors (Lipinski definition) is 8. The third-order valence-corrected chi connectivity index (χ3v) is 9.05. The summed E-state index contributed by atoms with van der Waals surface area (Å²) in [6.45, 7) is 2.41. The van der Waals surface area contributed by atoms with Crippen molar-refractivity contribution < 1.29 is 47.8 Å². The number of phosphoric acid groups is 1. The number of phosphoric ester groups is 1. The van der Waals surface area contributed by atoms with Gasteiger partial charge < -0.3 is 25.2 Å². The Bertz CT molecular complexity index is 1070. The van der Waals surface area contributed by atoms with Crippen LogP contribution in [-0.4, -0.2) is 64.9 Å². The summed E-state index contributed by atoms with van der Waals surface area (Å²) in [6.07, 6.45) is 37.1. The fraction of sp³-hybridized carbons (Fsp3) is 0.725. The standard InChI is InChI=1S/C40H70NO10P/c1-3-5-7-9-11-13-15-17-18-20-22-24-26-28-30-32-39(44)49-33-36(42)34-50-52(47,48)51-35-37(40(45)46)41-38(43)31-29-27-25-23-21-19-16-14-12-10-8-6-4-2/h5,7,11,13-14,16-18,36-37,42H,3-4,6,8-10,12,15,19-35H2,1-2H3,(H,41,43)(H,45,46)(H,47,48)/b7-5-,13-11-,16-14-,18-17-. The van der Waals surface area contributed by atoms with Crippen molar-refractivity contribution in [3.63, 3.8) is 0 Å². The molecule has 0 aliphatic rings. The number of carboxylic acids is 1. The van der Waals surface area contributed by atoms with Crippen molar-refractivity contribution in [3.05, 3.63) is 48.6 Å². The highest BCUT2D eigenvalue weighted by atomic mass is 31.2. The number of aliphatic hydroxyl groups excluding tert-OH is 1. The van der Waals surface area contributed by atoms with Gasteiger partial charge >= 0.3 is 19.8 Å². The second-order valence-electron chi connectivity index (χ2n) is 13.1. The maximum Gasteiger partial charge on any atom is 0.472 e. The Kier molecular flexibility index (Phi) is 33.7. The molecule has 0 heterocycles. The average Bonchev–Trinajstić information content (AvgIpc) is 3.11. The highest BCUT2D eigenvalue weighted by molar-refractivity contribution is 7.47. The van der Waals surface area contributed by atoms with E-state index in [0.29, 0.717) is 12.8 Å². The van der Waals surface area contributed by atoms with Crippen LogP contribution in [-0.2, 0) is 32.7 Å². The minimum atomic E-state index is -4.76. The molecule has 52 heavy (non-hydrogen) atoms. The smallest absolute Gasteiger partial charge is 0.472 e. The summed E-state index contributed by atoms with van der Waals surface area (Å²) in [5, 5.41) is 21.7. The zero-order valence-corrected chi connectivity index (χ0v) is 33.0. The fourth-order valence-electron chi connectivity index (χ4n) is 5.03. The first-order valence-electron chi connectivity index (χ1n) is 19.7. The molecule has 3 atom stereocenters. The van der Waals surface area contributed by atoms with Crippen molar-refractivity contribution in [2.75, 3.05) is 19.8 Å². The van der Waals surface area contributed by atoms with Crippen LogP contribution in [0.25, 0.3) is 0 Å². The molecule has 0 spiro atoms. The molecule has 0 bridgehead atoms. The molecule has 0 saturated heterocycles. The van der Waals surface area contributed by atoms with Gasteiger partial charge in [0, 0.05) is 12.8 Å². The van der Waals surface area contributed by atoms with E-state index in [2.05, 4.69) is 67.8 Å². The number of ether oxygens (including phenoxy) is 1. The van der Waals surface area contributed by atoms with Gasteiger partial charge in [-0.25, -0.2) is 9.36 Å². The van der Waals surface area contributed by atoms with E-state index < -0.39 is 57.6 Å². The number of carboxylic acid groups (broad SMARTS) is 1. The number of esters is 1. The van der Waals surface area contributed by atoms with Crippen molar-refractivity contribution in [3.8, 4) is 0 Å². The van der Waals surface area contributed by atoms with Gasteiger partial charge in [-0.15, -0.1) is 0 Å². The molecular weight excluding hydrogens is 685 g/mol. The Morgan fingerprint density at radius 1 is 0.635 bits per heavy atom. The number of carbonyl (C=O) groups is 3. The van der Waals surface area contributed by atoms with Gasteiger partial charge in [-0.05, 0) is 70.6 Å². The van der Waals surface area contributed by atoms with Gasteiger partial charge in [0.15, 0.2) is 6.04 Å². The van der Waals surface area contributed by atoms with E-state index in [1.54, 1.807) is 0 Å². The van der Waals surface area contributed by atoms with Crippen LogP contribution in [0.5, 0.6) is 0 Å². The molecule has 11 nitrogen and oxygen atoms in total. The number of nitrogens with one attached hydrogen (secondary N) is 1. The molecule has 0 aromatic rings. The van der Waals surface area contributed by atoms with Gasteiger partial charge in [0.2, 0.25) is 5.91 Å². The van der Waals surface area contributed by atoms with Crippen LogP contribution in [0.15, 0.2) is 48.6 Å². The van der Waals surface area contributed by atoms with Crippen LogP contribution in [0.3, 0.4) is 0 Å². The highest BCUT2D eigenvalue weighted by Crippen LogP contribution is 2.43. The van der Waals surface area contributed by atoms with Crippen molar-refractivity contribution >= 4 is 25.7 Å². The maximum absolute atomic E-state index is 12.2. The predicted molar refractivity (Wildman–Crippen MR) is 208 cm³/mol. The molecule has 0 radical (unpaired) electrons. The van der Waals surface area contributed by atoms with Crippen LogP contribution in [0.1, 0.15) is 155 Å². The molecule has 3 unspecified atom stereocenters. The molecule has 0 aromatic heterocycles. The van der Waals surface area contributed by atoms with Gasteiger partial charge in [0.1, 0.15) is 12.7 Å². The number of hydrogen-bond donors (Lipinski definition) is 4. The van der Waals surface area contributed by atoms with Crippen molar-refractivity contribution in [2.45, 2.75) is 167 Å². The maximum atomic E-state index is 12.2. The number of allylic oxidation sites excluding steroid dienone is 8. The van der Waals surface area contributed by atoms with E-state index in [1.165, 1.54) is 25.7 Å². The molecule has 0 rings (SSSR count). The Balaban J connectivity index is 3.99. The van der Waals surface area contributed by atoms with Crippen LogP contribution in [0.4, 0.5) is 0 Å². The zero-order chi connectivity index (χ0) is 38.5. The second-order valence-corrected chi connectivity index (χ2v) is 14.5. The third kappa shape index (κ3) is 34.5. The molecule has 12 heteroatoms. The summed E-state index contributed by atoms with van der Waals surface area (Å²) in [7, 11) is -4.76. The average molecular weight is 756 g/mol. The molecule has 0 saturated carbocycles. The second kappa shape index (κ2) is 35.5. The lowest BCUT2D eigenvalue weighted by Crippen LogP contribution is -2.43. The Morgan fingerprint density at radius 3 is 1.69 bits per heavy atom. The van der Waals surface area contributed by atoms with E-state index in [-0.39, 0.29) is 12.8 Å².